The van der Waals surface area contributed by atoms with Crippen molar-refractivity contribution in [1.29, 1.82) is 0 Å². The molecule has 0 amide bonds. The molecule has 4 saturated carbocycles. The molecule has 8 atom stereocenters. The Morgan fingerprint density at radius 1 is 0.958 bits per heavy atom. The van der Waals surface area contributed by atoms with Crippen molar-refractivity contribution in [3.8, 4) is 0 Å². The third-order valence-electron chi connectivity index (χ3n) is 9.27. The van der Waals surface area contributed by atoms with Gasteiger partial charge in [0.2, 0.25) is 0 Å². The predicted molar refractivity (Wildman–Crippen MR) is 106 cm³/mol. The number of fused-ring (bicyclic) bond motifs is 5. The number of hydrogen-bond acceptors (Lipinski definition) is 2. The SMILES string of the molecule is CO[C@H]1CC[C@H]2[C@@H]3CC[C@H]4C[C@@](O)(CI)CC[C@]4(C)[C@H]3CC[C@]12C. The summed E-state index contributed by atoms with van der Waals surface area (Å²) < 4.78 is 6.81. The number of methoxy groups -OCH3 is 1. The van der Waals surface area contributed by atoms with Gasteiger partial charge < -0.3 is 9.84 Å². The molecular weight excluding hydrogens is 411 g/mol. The fourth-order valence-corrected chi connectivity index (χ4v) is 8.48. The van der Waals surface area contributed by atoms with Crippen LogP contribution in [0.1, 0.15) is 71.6 Å². The van der Waals surface area contributed by atoms with Crippen molar-refractivity contribution in [3.05, 3.63) is 0 Å². The molecule has 4 rings (SSSR count). The molecule has 0 aromatic rings. The summed E-state index contributed by atoms with van der Waals surface area (Å²) in [6.45, 7) is 5.12. The van der Waals surface area contributed by atoms with E-state index in [-0.39, 0.29) is 5.60 Å². The first-order valence-electron chi connectivity index (χ1n) is 10.2. The lowest BCUT2D eigenvalue weighted by molar-refractivity contribution is -0.151. The third kappa shape index (κ3) is 2.46. The average Bonchev–Trinajstić information content (AvgIpc) is 2.92. The molecule has 24 heavy (non-hydrogen) atoms. The summed E-state index contributed by atoms with van der Waals surface area (Å²) in [5.41, 5.74) is 0.527. The lowest BCUT2D eigenvalue weighted by Gasteiger charge is -2.62. The minimum absolute atomic E-state index is 0.380. The van der Waals surface area contributed by atoms with Crippen LogP contribution in [-0.4, -0.2) is 28.3 Å². The van der Waals surface area contributed by atoms with E-state index in [9.17, 15) is 5.11 Å². The lowest BCUT2D eigenvalue weighted by Crippen LogP contribution is -2.56. The molecule has 0 spiro atoms. The van der Waals surface area contributed by atoms with Crippen LogP contribution in [0.2, 0.25) is 0 Å². The molecule has 0 aromatic heterocycles. The van der Waals surface area contributed by atoms with Gasteiger partial charge in [0.1, 0.15) is 0 Å². The van der Waals surface area contributed by atoms with Crippen LogP contribution in [0.4, 0.5) is 0 Å². The van der Waals surface area contributed by atoms with Crippen LogP contribution in [-0.2, 0) is 4.74 Å². The van der Waals surface area contributed by atoms with E-state index in [0.29, 0.717) is 16.9 Å². The Hall–Kier alpha value is 0.650. The second kappa shape index (κ2) is 6.09. The molecule has 1 N–H and O–H groups in total. The average molecular weight is 446 g/mol. The first-order valence-corrected chi connectivity index (χ1v) is 11.7. The van der Waals surface area contributed by atoms with Gasteiger partial charge in [-0.25, -0.2) is 0 Å². The van der Waals surface area contributed by atoms with Crippen molar-refractivity contribution in [3.63, 3.8) is 0 Å². The maximum Gasteiger partial charge on any atom is 0.0739 e. The summed E-state index contributed by atoms with van der Waals surface area (Å²) in [6.07, 6.45) is 12.0. The minimum Gasteiger partial charge on any atom is -0.389 e. The smallest absolute Gasteiger partial charge is 0.0739 e. The normalized spacial score (nSPS) is 57.1. The predicted octanol–water partition coefficient (Wildman–Crippen LogP) is 5.21. The third-order valence-corrected chi connectivity index (χ3v) is 10.7. The summed E-state index contributed by atoms with van der Waals surface area (Å²) in [5.74, 6) is 3.43. The van der Waals surface area contributed by atoms with E-state index in [1.54, 1.807) is 0 Å². The van der Waals surface area contributed by atoms with E-state index in [1.165, 1.54) is 44.9 Å². The number of alkyl halides is 1. The molecule has 138 valence electrons. The second-order valence-corrected chi connectivity index (χ2v) is 10.8. The second-order valence-electron chi connectivity index (χ2n) is 10.1. The molecule has 0 aliphatic heterocycles. The molecule has 4 fully saturated rings. The van der Waals surface area contributed by atoms with E-state index in [4.69, 9.17) is 4.74 Å². The quantitative estimate of drug-likeness (QED) is 0.466. The Morgan fingerprint density at radius 2 is 1.71 bits per heavy atom. The monoisotopic (exact) mass is 446 g/mol. The zero-order chi connectivity index (χ0) is 17.2. The van der Waals surface area contributed by atoms with Gasteiger partial charge in [-0.3, -0.25) is 0 Å². The zero-order valence-electron chi connectivity index (χ0n) is 15.7. The number of halogens is 1. The van der Waals surface area contributed by atoms with Crippen LogP contribution in [0.3, 0.4) is 0 Å². The van der Waals surface area contributed by atoms with E-state index in [1.807, 2.05) is 7.11 Å². The molecule has 0 bridgehead atoms. The van der Waals surface area contributed by atoms with E-state index < -0.39 is 0 Å². The molecule has 3 heteroatoms. The molecule has 0 heterocycles. The van der Waals surface area contributed by atoms with Gasteiger partial charge in [0.25, 0.3) is 0 Å². The number of ether oxygens (including phenoxy) is 1. The van der Waals surface area contributed by atoms with Crippen LogP contribution in [0.15, 0.2) is 0 Å². The van der Waals surface area contributed by atoms with Gasteiger partial charge in [0, 0.05) is 11.5 Å². The summed E-state index contributed by atoms with van der Waals surface area (Å²) >= 11 is 2.39. The van der Waals surface area contributed by atoms with Gasteiger partial charge in [-0.15, -0.1) is 0 Å². The highest BCUT2D eigenvalue weighted by Crippen LogP contribution is 2.67. The highest BCUT2D eigenvalue weighted by molar-refractivity contribution is 14.1. The molecule has 4 aliphatic carbocycles. The molecule has 4 aliphatic rings. The van der Waals surface area contributed by atoms with Gasteiger partial charge >= 0.3 is 0 Å². The number of hydrogen-bond donors (Lipinski definition) is 1. The van der Waals surface area contributed by atoms with Crippen molar-refractivity contribution in [2.24, 2.45) is 34.5 Å². The van der Waals surface area contributed by atoms with Crippen molar-refractivity contribution in [1.82, 2.24) is 0 Å². The summed E-state index contributed by atoms with van der Waals surface area (Å²) in [5, 5.41) is 10.9. The van der Waals surface area contributed by atoms with E-state index >= 15 is 0 Å². The van der Waals surface area contributed by atoms with Gasteiger partial charge in [-0.05, 0) is 92.3 Å². The van der Waals surface area contributed by atoms with Crippen molar-refractivity contribution < 1.29 is 9.84 Å². The Labute approximate surface area is 161 Å². The van der Waals surface area contributed by atoms with Crippen molar-refractivity contribution >= 4 is 22.6 Å². The Bertz CT molecular complexity index is 496. The van der Waals surface area contributed by atoms with Gasteiger partial charge in [0.05, 0.1) is 11.7 Å². The molecule has 0 aromatic carbocycles. The maximum absolute atomic E-state index is 10.9. The van der Waals surface area contributed by atoms with Gasteiger partial charge in [0.15, 0.2) is 0 Å². The zero-order valence-corrected chi connectivity index (χ0v) is 17.8. The van der Waals surface area contributed by atoms with Gasteiger partial charge in [-0.2, -0.15) is 0 Å². The van der Waals surface area contributed by atoms with Crippen LogP contribution in [0, 0.1) is 34.5 Å². The van der Waals surface area contributed by atoms with Crippen LogP contribution in [0.25, 0.3) is 0 Å². The van der Waals surface area contributed by atoms with Crippen LogP contribution >= 0.6 is 22.6 Å². The Kier molecular flexibility index (Phi) is 4.57. The molecule has 2 nitrogen and oxygen atoms in total. The van der Waals surface area contributed by atoms with Gasteiger partial charge in [-0.1, -0.05) is 36.4 Å². The fraction of sp³-hybridized carbons (Fsp3) is 1.00. The van der Waals surface area contributed by atoms with Crippen molar-refractivity contribution in [2.45, 2.75) is 83.3 Å². The molecule has 0 saturated heterocycles. The standard InChI is InChI=1S/C21H35IO2/c1-19-10-11-21(23,13-22)12-14(19)4-5-15-16-6-7-18(24-3)20(16,2)9-8-17(15)19/h14-18,23H,4-13H2,1-3H3/t14-,15-,16-,17-,18-,19-,20-,21+/m0/s1. The van der Waals surface area contributed by atoms with Crippen molar-refractivity contribution in [2.75, 3.05) is 11.5 Å². The highest BCUT2D eigenvalue weighted by Gasteiger charge is 2.61. The maximum atomic E-state index is 10.9. The highest BCUT2D eigenvalue weighted by atomic mass is 127. The first kappa shape index (κ1) is 18.0. The Balaban J connectivity index is 1.58. The van der Waals surface area contributed by atoms with Crippen LogP contribution < -0.4 is 0 Å². The van der Waals surface area contributed by atoms with E-state index in [0.717, 1.165) is 40.9 Å². The largest absolute Gasteiger partial charge is 0.389 e. The summed E-state index contributed by atoms with van der Waals surface area (Å²) in [6, 6.07) is 0. The first-order chi connectivity index (χ1) is 11.4. The van der Waals surface area contributed by atoms with E-state index in [2.05, 4.69) is 36.4 Å². The summed E-state index contributed by atoms with van der Waals surface area (Å²) in [7, 11) is 1.93. The lowest BCUT2D eigenvalue weighted by atomic mass is 9.44. The van der Waals surface area contributed by atoms with Crippen LogP contribution in [0.5, 0.6) is 0 Å². The molecule has 0 unspecified atom stereocenters. The Morgan fingerprint density at radius 3 is 2.42 bits per heavy atom. The molecule has 0 radical (unpaired) electrons. The summed E-state index contributed by atoms with van der Waals surface area (Å²) in [4.78, 5) is 0. The fourth-order valence-electron chi connectivity index (χ4n) is 7.78. The minimum atomic E-state index is -0.380. The number of aliphatic hydroxyl groups is 1. The topological polar surface area (TPSA) is 29.5 Å². The number of rotatable bonds is 2. The molecular formula is C21H35IO2.